The van der Waals surface area contributed by atoms with Crippen LogP contribution in [0.15, 0.2) is 48.5 Å². The maximum atomic E-state index is 12.8. The van der Waals surface area contributed by atoms with Crippen LogP contribution in [0.25, 0.3) is 0 Å². The lowest BCUT2D eigenvalue weighted by molar-refractivity contribution is -0.384. The maximum absolute atomic E-state index is 12.8. The van der Waals surface area contributed by atoms with E-state index in [1.165, 1.54) is 11.6 Å². The predicted molar refractivity (Wildman–Crippen MR) is 106 cm³/mol. The smallest absolute Gasteiger partial charge is 0.292 e. The van der Waals surface area contributed by atoms with E-state index in [0.717, 1.165) is 5.56 Å². The zero-order valence-corrected chi connectivity index (χ0v) is 15.8. The second-order valence-corrected chi connectivity index (χ2v) is 7.19. The van der Waals surface area contributed by atoms with Gasteiger partial charge in [-0.2, -0.15) is 0 Å². The summed E-state index contributed by atoms with van der Waals surface area (Å²) in [5.41, 5.74) is 3.09. The third-order valence-electron chi connectivity index (χ3n) is 5.18. The highest BCUT2D eigenvalue weighted by Crippen LogP contribution is 2.31. The summed E-state index contributed by atoms with van der Waals surface area (Å²) in [6, 6.07) is 15.0. The van der Waals surface area contributed by atoms with E-state index >= 15 is 0 Å². The normalized spacial score (nSPS) is 14.8. The van der Waals surface area contributed by atoms with Crippen molar-refractivity contribution in [2.24, 2.45) is 5.92 Å². The molecule has 0 saturated carbocycles. The predicted octanol–water partition coefficient (Wildman–Crippen LogP) is 3.78. The number of rotatable bonds is 5. The van der Waals surface area contributed by atoms with Crippen LogP contribution in [0.1, 0.15) is 24.0 Å². The quantitative estimate of drug-likeness (QED) is 0.596. The van der Waals surface area contributed by atoms with E-state index < -0.39 is 0 Å². The average molecular weight is 367 g/mol. The van der Waals surface area contributed by atoms with Gasteiger partial charge in [-0.25, -0.2) is 0 Å². The van der Waals surface area contributed by atoms with Crippen LogP contribution < -0.4 is 4.90 Å². The van der Waals surface area contributed by atoms with Gasteiger partial charge in [-0.3, -0.25) is 14.9 Å². The van der Waals surface area contributed by atoms with Gasteiger partial charge in [-0.15, -0.1) is 0 Å². The number of amides is 1. The summed E-state index contributed by atoms with van der Waals surface area (Å²) >= 11 is 0. The number of nitro groups is 1. The third-order valence-corrected chi connectivity index (χ3v) is 5.18. The average Bonchev–Trinajstić information content (AvgIpc) is 2.69. The highest BCUT2D eigenvalue weighted by atomic mass is 16.6. The molecule has 1 fully saturated rings. The Morgan fingerprint density at radius 2 is 1.78 bits per heavy atom. The SMILES string of the molecule is Cc1ccc(CN(C)C(=O)C2CCN(c3ccccc3[N+](=O)[O-])CC2)cc1. The van der Waals surface area contributed by atoms with E-state index in [2.05, 4.69) is 24.3 Å². The topological polar surface area (TPSA) is 66.7 Å². The summed E-state index contributed by atoms with van der Waals surface area (Å²) in [7, 11) is 1.84. The molecule has 1 aliphatic heterocycles. The first-order chi connectivity index (χ1) is 13.0. The molecule has 142 valence electrons. The molecular weight excluding hydrogens is 342 g/mol. The van der Waals surface area contributed by atoms with E-state index in [1.54, 1.807) is 17.0 Å². The largest absolute Gasteiger partial charge is 0.366 e. The van der Waals surface area contributed by atoms with E-state index in [0.29, 0.717) is 38.2 Å². The van der Waals surface area contributed by atoms with Gasteiger partial charge in [-0.05, 0) is 31.4 Å². The molecule has 0 spiro atoms. The summed E-state index contributed by atoms with van der Waals surface area (Å²) < 4.78 is 0. The highest BCUT2D eigenvalue weighted by molar-refractivity contribution is 5.79. The second-order valence-electron chi connectivity index (χ2n) is 7.19. The molecule has 1 amide bonds. The summed E-state index contributed by atoms with van der Waals surface area (Å²) in [6.07, 6.45) is 1.42. The number of anilines is 1. The van der Waals surface area contributed by atoms with Crippen molar-refractivity contribution in [3.8, 4) is 0 Å². The lowest BCUT2D eigenvalue weighted by Crippen LogP contribution is -2.41. The summed E-state index contributed by atoms with van der Waals surface area (Å²) in [4.78, 5) is 27.5. The summed E-state index contributed by atoms with van der Waals surface area (Å²) in [6.45, 7) is 3.95. The Bertz CT molecular complexity index is 812. The van der Waals surface area contributed by atoms with E-state index in [1.807, 2.05) is 24.9 Å². The van der Waals surface area contributed by atoms with Crippen LogP contribution in [0.4, 0.5) is 11.4 Å². The van der Waals surface area contributed by atoms with Gasteiger partial charge in [0, 0.05) is 38.7 Å². The van der Waals surface area contributed by atoms with Gasteiger partial charge in [0.1, 0.15) is 5.69 Å². The fraction of sp³-hybridized carbons (Fsp3) is 0.381. The summed E-state index contributed by atoms with van der Waals surface area (Å²) in [5.74, 6) is 0.122. The van der Waals surface area contributed by atoms with Crippen molar-refractivity contribution in [1.29, 1.82) is 0 Å². The van der Waals surface area contributed by atoms with Crippen molar-refractivity contribution in [3.63, 3.8) is 0 Å². The number of hydrogen-bond donors (Lipinski definition) is 0. The van der Waals surface area contributed by atoms with Crippen molar-refractivity contribution in [2.75, 3.05) is 25.0 Å². The molecule has 6 nitrogen and oxygen atoms in total. The highest BCUT2D eigenvalue weighted by Gasteiger charge is 2.29. The molecule has 1 aliphatic rings. The number of para-hydroxylation sites is 2. The molecule has 2 aromatic carbocycles. The second kappa shape index (κ2) is 8.20. The van der Waals surface area contributed by atoms with Gasteiger partial charge in [-0.1, -0.05) is 42.0 Å². The Kier molecular flexibility index (Phi) is 5.74. The molecule has 2 aromatic rings. The van der Waals surface area contributed by atoms with Gasteiger partial charge in [0.15, 0.2) is 0 Å². The van der Waals surface area contributed by atoms with Crippen LogP contribution in [0.2, 0.25) is 0 Å². The first kappa shape index (κ1) is 18.9. The van der Waals surface area contributed by atoms with Crippen LogP contribution in [0.3, 0.4) is 0 Å². The number of nitro benzene ring substituents is 1. The van der Waals surface area contributed by atoms with Crippen LogP contribution in [0, 0.1) is 23.0 Å². The molecule has 27 heavy (non-hydrogen) atoms. The fourth-order valence-electron chi connectivity index (χ4n) is 3.61. The number of carbonyl (C=O) groups is 1. The summed E-state index contributed by atoms with van der Waals surface area (Å²) in [5, 5.41) is 11.2. The maximum Gasteiger partial charge on any atom is 0.292 e. The Hall–Kier alpha value is -2.89. The minimum Gasteiger partial charge on any atom is -0.366 e. The lowest BCUT2D eigenvalue weighted by atomic mass is 9.94. The van der Waals surface area contributed by atoms with Gasteiger partial charge >= 0.3 is 0 Å². The monoisotopic (exact) mass is 367 g/mol. The number of carbonyl (C=O) groups excluding carboxylic acids is 1. The van der Waals surface area contributed by atoms with Crippen molar-refractivity contribution < 1.29 is 9.72 Å². The standard InChI is InChI=1S/C21H25N3O3/c1-16-7-9-17(10-8-16)15-22(2)21(25)18-11-13-23(14-12-18)19-5-3-4-6-20(19)24(26)27/h3-10,18H,11-15H2,1-2H3. The number of nitrogens with zero attached hydrogens (tertiary/aromatic N) is 3. The van der Waals surface area contributed by atoms with Gasteiger partial charge in [0.05, 0.1) is 4.92 Å². The van der Waals surface area contributed by atoms with Gasteiger partial charge in [0.2, 0.25) is 5.91 Å². The molecule has 0 radical (unpaired) electrons. The van der Waals surface area contributed by atoms with Crippen LogP contribution in [-0.4, -0.2) is 35.9 Å². The third kappa shape index (κ3) is 4.45. The Morgan fingerprint density at radius 3 is 2.41 bits per heavy atom. The number of hydrogen-bond acceptors (Lipinski definition) is 4. The first-order valence-electron chi connectivity index (χ1n) is 9.24. The molecule has 0 aliphatic carbocycles. The molecule has 1 heterocycles. The van der Waals surface area contributed by atoms with Crippen molar-refractivity contribution in [2.45, 2.75) is 26.3 Å². The first-order valence-corrected chi connectivity index (χ1v) is 9.24. The molecule has 0 atom stereocenters. The number of benzene rings is 2. The molecule has 0 aromatic heterocycles. The zero-order chi connectivity index (χ0) is 19.4. The van der Waals surface area contributed by atoms with Crippen LogP contribution >= 0.6 is 0 Å². The molecule has 3 rings (SSSR count). The molecule has 0 N–H and O–H groups in total. The molecular formula is C21H25N3O3. The number of piperidine rings is 1. The molecule has 6 heteroatoms. The Balaban J connectivity index is 1.59. The molecule has 1 saturated heterocycles. The minimum absolute atomic E-state index is 0.0283. The van der Waals surface area contributed by atoms with E-state index in [-0.39, 0.29) is 22.4 Å². The Labute approximate surface area is 159 Å². The van der Waals surface area contributed by atoms with Gasteiger partial charge in [0.25, 0.3) is 5.69 Å². The zero-order valence-electron chi connectivity index (χ0n) is 15.8. The van der Waals surface area contributed by atoms with Crippen LogP contribution in [-0.2, 0) is 11.3 Å². The van der Waals surface area contributed by atoms with Crippen molar-refractivity contribution >= 4 is 17.3 Å². The lowest BCUT2D eigenvalue weighted by Gasteiger charge is -2.34. The van der Waals surface area contributed by atoms with Crippen molar-refractivity contribution in [1.82, 2.24) is 4.90 Å². The van der Waals surface area contributed by atoms with E-state index in [4.69, 9.17) is 0 Å². The molecule has 0 unspecified atom stereocenters. The Morgan fingerprint density at radius 1 is 1.15 bits per heavy atom. The van der Waals surface area contributed by atoms with Crippen LogP contribution in [0.5, 0.6) is 0 Å². The number of aryl methyl sites for hydroxylation is 1. The van der Waals surface area contributed by atoms with Gasteiger partial charge < -0.3 is 9.80 Å². The fourth-order valence-corrected chi connectivity index (χ4v) is 3.61. The minimum atomic E-state index is -0.345. The van der Waals surface area contributed by atoms with Crippen molar-refractivity contribution in [3.05, 3.63) is 69.8 Å². The molecule has 0 bridgehead atoms. The van der Waals surface area contributed by atoms with E-state index in [9.17, 15) is 14.9 Å².